The first-order chi connectivity index (χ1) is 13.1. The van der Waals surface area contributed by atoms with Gasteiger partial charge in [0, 0.05) is 0 Å². The predicted molar refractivity (Wildman–Crippen MR) is 110 cm³/mol. The zero-order chi connectivity index (χ0) is 18.7. The van der Waals surface area contributed by atoms with E-state index in [-0.39, 0.29) is 0 Å². The smallest absolute Gasteiger partial charge is 0.206 e. The van der Waals surface area contributed by atoms with E-state index in [4.69, 9.17) is 0 Å². The van der Waals surface area contributed by atoms with E-state index in [0.29, 0.717) is 9.79 Å². The Morgan fingerprint density at radius 3 is 1.30 bits per heavy atom. The highest BCUT2D eigenvalue weighted by Gasteiger charge is 2.17. The van der Waals surface area contributed by atoms with E-state index < -0.39 is 9.84 Å². The Labute approximate surface area is 162 Å². The molecule has 0 N–H and O–H groups in total. The van der Waals surface area contributed by atoms with Crippen LogP contribution in [0.5, 0.6) is 0 Å². The third kappa shape index (κ3) is 4.24. The zero-order valence-corrected chi connectivity index (χ0v) is 16.5. The van der Waals surface area contributed by atoms with E-state index in [1.807, 2.05) is 24.3 Å². The monoisotopic (exact) mass is 378 g/mol. The summed E-state index contributed by atoms with van der Waals surface area (Å²) in [6.07, 6.45) is 13.8. The predicted octanol–water partition coefficient (Wildman–Crippen LogP) is 5.83. The maximum Gasteiger partial charge on any atom is 0.206 e. The average molecular weight is 379 g/mol. The van der Waals surface area contributed by atoms with Gasteiger partial charge in [-0.2, -0.15) is 0 Å². The number of rotatable bonds is 6. The summed E-state index contributed by atoms with van der Waals surface area (Å²) in [4.78, 5) is 0.735. The largest absolute Gasteiger partial charge is 0.219 e. The van der Waals surface area contributed by atoms with Gasteiger partial charge in [0.25, 0.3) is 0 Å². The van der Waals surface area contributed by atoms with Crippen molar-refractivity contribution in [3.05, 3.63) is 83.0 Å². The molecule has 0 aliphatic heterocycles. The Balaban J connectivity index is 1.45. The molecular weight excluding hydrogens is 352 g/mol. The maximum atomic E-state index is 12.9. The van der Waals surface area contributed by atoms with Gasteiger partial charge in [-0.25, -0.2) is 8.42 Å². The molecule has 2 aromatic carbocycles. The van der Waals surface area contributed by atoms with Crippen molar-refractivity contribution in [2.45, 2.75) is 61.2 Å². The molecule has 4 rings (SSSR count). The van der Waals surface area contributed by atoms with Crippen LogP contribution in [-0.4, -0.2) is 8.42 Å². The molecule has 0 heterocycles. The molecule has 0 aromatic heterocycles. The molecule has 0 spiro atoms. The number of sulfone groups is 1. The van der Waals surface area contributed by atoms with Crippen LogP contribution >= 0.6 is 0 Å². The first kappa shape index (κ1) is 18.2. The van der Waals surface area contributed by atoms with Gasteiger partial charge in [-0.1, -0.05) is 47.6 Å². The quantitative estimate of drug-likeness (QED) is 0.593. The van der Waals surface area contributed by atoms with Gasteiger partial charge in [0.2, 0.25) is 9.84 Å². The van der Waals surface area contributed by atoms with Crippen LogP contribution < -0.4 is 0 Å². The number of hydrogen-bond acceptors (Lipinski definition) is 2. The van der Waals surface area contributed by atoms with Crippen molar-refractivity contribution < 1.29 is 8.42 Å². The van der Waals surface area contributed by atoms with Gasteiger partial charge in [0.05, 0.1) is 9.79 Å². The summed E-state index contributed by atoms with van der Waals surface area (Å²) in [5.74, 6) is 0. The molecule has 0 saturated heterocycles. The fourth-order valence-electron chi connectivity index (χ4n) is 3.44. The standard InChI is InChI=1S/C24H26O2S/c25-27(26,23-15-11-21(12-16-23)9-7-19-3-1-4-19)24-17-13-22(14-18-24)10-8-20-5-2-6-20/h7-8,11-18H,1-6,9-10H2. The second-order valence-electron chi connectivity index (χ2n) is 7.63. The van der Waals surface area contributed by atoms with Gasteiger partial charge in [0.15, 0.2) is 0 Å². The van der Waals surface area contributed by atoms with Gasteiger partial charge in [-0.15, -0.1) is 0 Å². The van der Waals surface area contributed by atoms with Crippen molar-refractivity contribution >= 4 is 9.84 Å². The Morgan fingerprint density at radius 2 is 1.00 bits per heavy atom. The molecule has 3 heteroatoms. The molecule has 2 aromatic rings. The third-order valence-electron chi connectivity index (χ3n) is 5.71. The van der Waals surface area contributed by atoms with Crippen LogP contribution in [0.2, 0.25) is 0 Å². The van der Waals surface area contributed by atoms with E-state index >= 15 is 0 Å². The first-order valence-corrected chi connectivity index (χ1v) is 11.4. The summed E-state index contributed by atoms with van der Waals surface area (Å²) >= 11 is 0. The van der Waals surface area contributed by atoms with Crippen LogP contribution in [0.1, 0.15) is 49.7 Å². The number of allylic oxidation sites excluding steroid dienone is 4. The Morgan fingerprint density at radius 1 is 0.630 bits per heavy atom. The second kappa shape index (κ2) is 7.85. The lowest BCUT2D eigenvalue weighted by molar-refractivity contribution is 0.596. The van der Waals surface area contributed by atoms with E-state index in [9.17, 15) is 8.42 Å². The summed E-state index contributed by atoms with van der Waals surface area (Å²) in [5, 5.41) is 0. The lowest BCUT2D eigenvalue weighted by Crippen LogP contribution is -2.03. The molecule has 2 saturated carbocycles. The van der Waals surface area contributed by atoms with Crippen molar-refractivity contribution in [3.63, 3.8) is 0 Å². The molecule has 140 valence electrons. The SMILES string of the molecule is O=S(=O)(c1ccc(CC=C2CCC2)cc1)c1ccc(CC=C2CCC2)cc1. The van der Waals surface area contributed by atoms with Crippen molar-refractivity contribution in [2.75, 3.05) is 0 Å². The molecule has 0 radical (unpaired) electrons. The Hall–Kier alpha value is -2.13. The van der Waals surface area contributed by atoms with Crippen molar-refractivity contribution in [3.8, 4) is 0 Å². The highest BCUT2D eigenvalue weighted by atomic mass is 32.2. The van der Waals surface area contributed by atoms with Crippen LogP contribution in [0.25, 0.3) is 0 Å². The van der Waals surface area contributed by atoms with Gasteiger partial charge in [-0.05, 0) is 86.8 Å². The topological polar surface area (TPSA) is 34.1 Å². The van der Waals surface area contributed by atoms with Gasteiger partial charge < -0.3 is 0 Å². The van der Waals surface area contributed by atoms with Crippen molar-refractivity contribution in [1.29, 1.82) is 0 Å². The summed E-state index contributed by atoms with van der Waals surface area (Å²) < 4.78 is 25.8. The van der Waals surface area contributed by atoms with E-state index in [0.717, 1.165) is 24.0 Å². The Bertz CT molecular complexity index is 875. The minimum absolute atomic E-state index is 0.367. The van der Waals surface area contributed by atoms with E-state index in [2.05, 4.69) is 12.2 Å². The maximum absolute atomic E-state index is 12.9. The van der Waals surface area contributed by atoms with E-state index in [1.165, 1.54) is 49.7 Å². The van der Waals surface area contributed by atoms with Gasteiger partial charge in [0.1, 0.15) is 0 Å². The molecule has 0 bridgehead atoms. The average Bonchev–Trinajstić information content (AvgIpc) is 2.60. The summed E-state index contributed by atoms with van der Waals surface area (Å²) in [6.45, 7) is 0. The molecule has 2 aliphatic rings. The fourth-order valence-corrected chi connectivity index (χ4v) is 4.70. The summed E-state index contributed by atoms with van der Waals surface area (Å²) in [5.41, 5.74) is 5.37. The fraction of sp³-hybridized carbons (Fsp3) is 0.333. The third-order valence-corrected chi connectivity index (χ3v) is 7.50. The summed E-state index contributed by atoms with van der Waals surface area (Å²) in [6, 6.07) is 14.7. The molecule has 0 unspecified atom stereocenters. The highest BCUT2D eigenvalue weighted by Crippen LogP contribution is 2.27. The normalized spacial score (nSPS) is 16.4. The minimum Gasteiger partial charge on any atom is -0.219 e. The molecular formula is C24H26O2S. The zero-order valence-electron chi connectivity index (χ0n) is 15.7. The van der Waals surface area contributed by atoms with Gasteiger partial charge in [-0.3, -0.25) is 0 Å². The van der Waals surface area contributed by atoms with Crippen molar-refractivity contribution in [1.82, 2.24) is 0 Å². The van der Waals surface area contributed by atoms with Crippen LogP contribution in [0.3, 0.4) is 0 Å². The van der Waals surface area contributed by atoms with Crippen LogP contribution in [-0.2, 0) is 22.7 Å². The summed E-state index contributed by atoms with van der Waals surface area (Å²) in [7, 11) is -3.45. The van der Waals surface area contributed by atoms with Crippen LogP contribution in [0, 0.1) is 0 Å². The number of benzene rings is 2. The van der Waals surface area contributed by atoms with E-state index in [1.54, 1.807) is 24.3 Å². The molecule has 0 amide bonds. The molecule has 2 aliphatic carbocycles. The molecule has 0 atom stereocenters. The first-order valence-electron chi connectivity index (χ1n) is 9.90. The van der Waals surface area contributed by atoms with Crippen LogP contribution in [0.15, 0.2) is 81.6 Å². The molecule has 27 heavy (non-hydrogen) atoms. The lowest BCUT2D eigenvalue weighted by Gasteiger charge is -2.16. The van der Waals surface area contributed by atoms with Crippen LogP contribution in [0.4, 0.5) is 0 Å². The van der Waals surface area contributed by atoms with Gasteiger partial charge >= 0.3 is 0 Å². The molecule has 2 fully saturated rings. The second-order valence-corrected chi connectivity index (χ2v) is 9.58. The lowest BCUT2D eigenvalue weighted by atomic mass is 9.91. The molecule has 2 nitrogen and oxygen atoms in total. The minimum atomic E-state index is -3.45. The number of hydrogen-bond donors (Lipinski definition) is 0. The Kier molecular flexibility index (Phi) is 5.31. The van der Waals surface area contributed by atoms with Crippen molar-refractivity contribution in [2.24, 2.45) is 0 Å². The highest BCUT2D eigenvalue weighted by molar-refractivity contribution is 7.91.